The molecular weight excluding hydrogens is 250 g/mol. The summed E-state index contributed by atoms with van der Waals surface area (Å²) in [6, 6.07) is 14.9. The zero-order valence-electron chi connectivity index (χ0n) is 11.8. The fourth-order valence-electron chi connectivity index (χ4n) is 2.80. The van der Waals surface area contributed by atoms with Gasteiger partial charge in [-0.1, -0.05) is 24.3 Å². The molecule has 0 aliphatic heterocycles. The summed E-state index contributed by atoms with van der Waals surface area (Å²) in [5.74, 6) is 1.63. The van der Waals surface area contributed by atoms with Gasteiger partial charge in [0, 0.05) is 12.1 Å². The van der Waals surface area contributed by atoms with Crippen molar-refractivity contribution in [2.45, 2.75) is 18.9 Å². The van der Waals surface area contributed by atoms with Gasteiger partial charge in [-0.15, -0.1) is 0 Å². The normalized spacial score (nSPS) is 13.9. The first-order valence-corrected chi connectivity index (χ1v) is 6.85. The molecule has 0 bridgehead atoms. The molecule has 3 heteroatoms. The van der Waals surface area contributed by atoms with E-state index in [0.29, 0.717) is 6.04 Å². The van der Waals surface area contributed by atoms with Crippen LogP contribution in [0.25, 0.3) is 0 Å². The van der Waals surface area contributed by atoms with E-state index in [4.69, 9.17) is 9.47 Å². The summed E-state index contributed by atoms with van der Waals surface area (Å²) in [6.07, 6.45) is 2.12. The van der Waals surface area contributed by atoms with E-state index in [9.17, 15) is 0 Å². The van der Waals surface area contributed by atoms with Crippen molar-refractivity contribution >= 4 is 5.69 Å². The first-order chi connectivity index (χ1) is 9.80. The number of hydrogen-bond acceptors (Lipinski definition) is 3. The second-order valence-electron chi connectivity index (χ2n) is 5.08. The summed E-state index contributed by atoms with van der Waals surface area (Å²) in [6.45, 7) is 0. The molecule has 3 nitrogen and oxygen atoms in total. The molecule has 0 saturated heterocycles. The smallest absolute Gasteiger partial charge is 0.145 e. The van der Waals surface area contributed by atoms with Crippen molar-refractivity contribution in [3.63, 3.8) is 0 Å². The maximum absolute atomic E-state index is 5.43. The highest BCUT2D eigenvalue weighted by atomic mass is 16.5. The molecule has 20 heavy (non-hydrogen) atoms. The van der Waals surface area contributed by atoms with Crippen molar-refractivity contribution in [1.82, 2.24) is 0 Å². The van der Waals surface area contributed by atoms with Gasteiger partial charge in [-0.25, -0.2) is 0 Å². The molecule has 1 aliphatic rings. The van der Waals surface area contributed by atoms with Crippen LogP contribution in [-0.2, 0) is 12.8 Å². The molecule has 0 amide bonds. The third kappa shape index (κ3) is 2.44. The summed E-state index contributed by atoms with van der Waals surface area (Å²) in [5, 5.41) is 3.58. The van der Waals surface area contributed by atoms with Crippen LogP contribution < -0.4 is 14.8 Å². The molecule has 0 unspecified atom stereocenters. The number of benzene rings is 2. The Morgan fingerprint density at radius 3 is 2.25 bits per heavy atom. The highest BCUT2D eigenvalue weighted by Crippen LogP contribution is 2.32. The summed E-state index contributed by atoms with van der Waals surface area (Å²) >= 11 is 0. The van der Waals surface area contributed by atoms with Crippen LogP contribution in [0.4, 0.5) is 5.69 Å². The molecule has 0 spiro atoms. The van der Waals surface area contributed by atoms with E-state index >= 15 is 0 Å². The Hall–Kier alpha value is -2.16. The Morgan fingerprint density at radius 2 is 1.65 bits per heavy atom. The van der Waals surface area contributed by atoms with Gasteiger partial charge in [0.25, 0.3) is 0 Å². The maximum atomic E-state index is 5.43. The maximum Gasteiger partial charge on any atom is 0.145 e. The molecule has 0 aromatic heterocycles. The van der Waals surface area contributed by atoms with Crippen molar-refractivity contribution in [2.75, 3.05) is 19.5 Å². The lowest BCUT2D eigenvalue weighted by molar-refractivity contribution is 0.395. The third-order valence-corrected chi connectivity index (χ3v) is 3.82. The number of nitrogens with one attached hydrogen (secondary N) is 1. The second-order valence-corrected chi connectivity index (χ2v) is 5.08. The Balaban J connectivity index is 1.76. The van der Waals surface area contributed by atoms with Gasteiger partial charge in [-0.2, -0.15) is 0 Å². The lowest BCUT2D eigenvalue weighted by atomic mass is 10.1. The lowest BCUT2D eigenvalue weighted by Crippen LogP contribution is -2.19. The first kappa shape index (κ1) is 12.9. The van der Waals surface area contributed by atoms with Crippen LogP contribution in [0.2, 0.25) is 0 Å². The zero-order valence-corrected chi connectivity index (χ0v) is 11.8. The third-order valence-electron chi connectivity index (χ3n) is 3.82. The van der Waals surface area contributed by atoms with Gasteiger partial charge in [0.2, 0.25) is 0 Å². The van der Waals surface area contributed by atoms with Gasteiger partial charge in [-0.3, -0.25) is 0 Å². The molecule has 2 aromatic rings. The number of rotatable bonds is 4. The average Bonchev–Trinajstić information content (AvgIpc) is 2.90. The van der Waals surface area contributed by atoms with Crippen molar-refractivity contribution in [1.29, 1.82) is 0 Å². The van der Waals surface area contributed by atoms with Crippen LogP contribution in [0.5, 0.6) is 11.5 Å². The molecule has 1 N–H and O–H groups in total. The molecule has 1 aliphatic carbocycles. The second kappa shape index (κ2) is 5.45. The quantitative estimate of drug-likeness (QED) is 0.924. The molecule has 0 saturated carbocycles. The van der Waals surface area contributed by atoms with Gasteiger partial charge in [0.15, 0.2) is 0 Å². The van der Waals surface area contributed by atoms with Crippen LogP contribution in [0, 0.1) is 0 Å². The fraction of sp³-hybridized carbons (Fsp3) is 0.294. The van der Waals surface area contributed by atoms with Crippen molar-refractivity contribution in [3.8, 4) is 11.5 Å². The monoisotopic (exact) mass is 269 g/mol. The van der Waals surface area contributed by atoms with E-state index in [2.05, 4.69) is 29.6 Å². The Bertz CT molecular complexity index is 585. The molecule has 2 aromatic carbocycles. The first-order valence-electron chi connectivity index (χ1n) is 6.85. The van der Waals surface area contributed by atoms with E-state index in [0.717, 1.165) is 30.0 Å². The Kier molecular flexibility index (Phi) is 3.50. The summed E-state index contributed by atoms with van der Waals surface area (Å²) in [5.41, 5.74) is 3.90. The van der Waals surface area contributed by atoms with Crippen molar-refractivity contribution < 1.29 is 9.47 Å². The number of hydrogen-bond donors (Lipinski definition) is 1. The molecule has 3 rings (SSSR count). The van der Waals surface area contributed by atoms with Crippen molar-refractivity contribution in [3.05, 3.63) is 53.6 Å². The predicted molar refractivity (Wildman–Crippen MR) is 80.8 cm³/mol. The van der Waals surface area contributed by atoms with E-state index < -0.39 is 0 Å². The Morgan fingerprint density at radius 1 is 0.950 bits per heavy atom. The van der Waals surface area contributed by atoms with Gasteiger partial charge in [-0.05, 0) is 36.1 Å². The van der Waals surface area contributed by atoms with Gasteiger partial charge in [0.05, 0.1) is 19.9 Å². The summed E-state index contributed by atoms with van der Waals surface area (Å²) in [7, 11) is 3.35. The predicted octanol–water partition coefficient (Wildman–Crippen LogP) is 3.28. The van der Waals surface area contributed by atoms with Crippen LogP contribution in [0.15, 0.2) is 42.5 Å². The largest absolute Gasteiger partial charge is 0.497 e. The average molecular weight is 269 g/mol. The lowest BCUT2D eigenvalue weighted by Gasteiger charge is -2.17. The van der Waals surface area contributed by atoms with Gasteiger partial charge < -0.3 is 14.8 Å². The summed E-state index contributed by atoms with van der Waals surface area (Å²) in [4.78, 5) is 0. The van der Waals surface area contributed by atoms with Crippen LogP contribution in [-0.4, -0.2) is 20.3 Å². The molecule has 0 heterocycles. The molecular formula is C17H19NO2. The minimum atomic E-state index is 0.426. The van der Waals surface area contributed by atoms with Gasteiger partial charge in [0.1, 0.15) is 11.5 Å². The van der Waals surface area contributed by atoms with E-state index in [1.165, 1.54) is 11.1 Å². The van der Waals surface area contributed by atoms with Crippen LogP contribution >= 0.6 is 0 Å². The summed E-state index contributed by atoms with van der Waals surface area (Å²) < 4.78 is 10.7. The minimum absolute atomic E-state index is 0.426. The van der Waals surface area contributed by atoms with E-state index in [1.54, 1.807) is 14.2 Å². The molecule has 104 valence electrons. The van der Waals surface area contributed by atoms with Gasteiger partial charge >= 0.3 is 0 Å². The fourth-order valence-corrected chi connectivity index (χ4v) is 2.80. The standard InChI is InChI=1S/C17H19NO2/c1-19-15-7-8-16(17(11-15)20-2)18-14-9-12-5-3-4-6-13(12)10-14/h3-8,11,14,18H,9-10H2,1-2H3. The number of anilines is 1. The number of ether oxygens (including phenoxy) is 2. The van der Waals surface area contributed by atoms with Crippen LogP contribution in [0.3, 0.4) is 0 Å². The SMILES string of the molecule is COc1ccc(NC2Cc3ccccc3C2)c(OC)c1. The number of methoxy groups -OCH3 is 2. The highest BCUT2D eigenvalue weighted by Gasteiger charge is 2.21. The highest BCUT2D eigenvalue weighted by molar-refractivity contribution is 5.60. The van der Waals surface area contributed by atoms with Crippen LogP contribution in [0.1, 0.15) is 11.1 Å². The minimum Gasteiger partial charge on any atom is -0.497 e. The van der Waals surface area contributed by atoms with E-state index in [1.807, 2.05) is 18.2 Å². The van der Waals surface area contributed by atoms with Crippen molar-refractivity contribution in [2.24, 2.45) is 0 Å². The topological polar surface area (TPSA) is 30.5 Å². The zero-order chi connectivity index (χ0) is 13.9. The molecule has 0 fully saturated rings. The Labute approximate surface area is 119 Å². The molecule has 0 atom stereocenters. The molecule has 0 radical (unpaired) electrons. The number of fused-ring (bicyclic) bond motifs is 1. The van der Waals surface area contributed by atoms with E-state index in [-0.39, 0.29) is 0 Å².